The Morgan fingerprint density at radius 2 is 1.48 bits per heavy atom. The molecule has 2 aliphatic carbocycles. The van der Waals surface area contributed by atoms with Crippen LogP contribution in [0.25, 0.3) is 0 Å². The van der Waals surface area contributed by atoms with Crippen molar-refractivity contribution in [2.24, 2.45) is 22.7 Å². The van der Waals surface area contributed by atoms with E-state index < -0.39 is 71.5 Å². The average molecular weight is 705 g/mol. The van der Waals surface area contributed by atoms with Crippen molar-refractivity contribution in [3.63, 3.8) is 0 Å². The number of allylic oxidation sites excluding steroid dienone is 1. The number of rotatable bonds is 21. The first-order valence-electron chi connectivity index (χ1n) is 19.1. The van der Waals surface area contributed by atoms with Gasteiger partial charge in [-0.15, -0.1) is 0 Å². The van der Waals surface area contributed by atoms with Gasteiger partial charge in [0, 0.05) is 25.8 Å². The molecule has 10 nitrogen and oxygen atoms in total. The van der Waals surface area contributed by atoms with Crippen LogP contribution in [-0.2, 0) is 33.3 Å². The average Bonchev–Trinajstić information content (AvgIpc) is 3.35. The molecule has 284 valence electrons. The maximum absolute atomic E-state index is 13.5. The van der Waals surface area contributed by atoms with Gasteiger partial charge < -0.3 is 29.5 Å². The standard InChI is InChI=1S/C40H64O10/c1-7-9-10-11-12-13-14-15-16-17-18-19-20-21-34(45)49-36-35(46)27(3)39(6,23-22-30(8-2)26-41)33-25-31(44)24-32-37(47-28(4)42)50-38(40(32,33)36)48-29(5)43/h8,22,24,27,31,33,35-38,41,44,46H,2,7,9-21,23,25-26H2,1,3-6H3/b30-22+/t27-,31+,33-,35-,36+,37+,38-,39+,40-/m0/s1. The largest absolute Gasteiger partial charge is 0.458 e. The van der Waals surface area contributed by atoms with Crippen molar-refractivity contribution in [3.8, 4) is 0 Å². The molecule has 0 aromatic carbocycles. The van der Waals surface area contributed by atoms with Crippen molar-refractivity contribution in [1.29, 1.82) is 0 Å². The number of unbranched alkanes of at least 4 members (excludes halogenated alkanes) is 12. The molecule has 0 bridgehead atoms. The molecule has 0 aromatic rings. The number of aliphatic hydroxyl groups is 3. The fraction of sp³-hybridized carbons (Fsp3) is 0.775. The summed E-state index contributed by atoms with van der Waals surface area (Å²) in [5.41, 5.74) is -1.38. The summed E-state index contributed by atoms with van der Waals surface area (Å²) in [4.78, 5) is 38.3. The summed E-state index contributed by atoms with van der Waals surface area (Å²) in [6, 6.07) is 0. The molecule has 1 aliphatic heterocycles. The van der Waals surface area contributed by atoms with E-state index >= 15 is 0 Å². The second-order valence-electron chi connectivity index (χ2n) is 15.0. The second-order valence-corrected chi connectivity index (χ2v) is 15.0. The smallest absolute Gasteiger partial charge is 0.306 e. The highest BCUT2D eigenvalue weighted by Gasteiger charge is 2.74. The highest BCUT2D eigenvalue weighted by Crippen LogP contribution is 2.67. The summed E-state index contributed by atoms with van der Waals surface area (Å²) in [7, 11) is 0. The molecule has 0 radical (unpaired) electrons. The van der Waals surface area contributed by atoms with Gasteiger partial charge in [-0.2, -0.15) is 0 Å². The lowest BCUT2D eigenvalue weighted by Crippen LogP contribution is -2.68. The third-order valence-electron chi connectivity index (χ3n) is 11.5. The Morgan fingerprint density at radius 3 is 2.00 bits per heavy atom. The van der Waals surface area contributed by atoms with Crippen LogP contribution in [-0.4, -0.2) is 70.7 Å². The number of hydrogen-bond donors (Lipinski definition) is 3. The first kappa shape index (κ1) is 41.9. The molecular weight excluding hydrogens is 640 g/mol. The van der Waals surface area contributed by atoms with Gasteiger partial charge in [0.05, 0.1) is 18.8 Å². The molecule has 1 heterocycles. The van der Waals surface area contributed by atoms with Gasteiger partial charge in [0.1, 0.15) is 11.5 Å². The number of hydrogen-bond acceptors (Lipinski definition) is 10. The molecule has 2 fully saturated rings. The van der Waals surface area contributed by atoms with Crippen LogP contribution in [0.4, 0.5) is 0 Å². The van der Waals surface area contributed by atoms with Gasteiger partial charge in [-0.3, -0.25) is 19.1 Å². The van der Waals surface area contributed by atoms with E-state index in [0.717, 1.165) is 19.3 Å². The lowest BCUT2D eigenvalue weighted by Gasteiger charge is -2.62. The van der Waals surface area contributed by atoms with Gasteiger partial charge in [-0.1, -0.05) is 117 Å². The molecule has 1 saturated carbocycles. The minimum Gasteiger partial charge on any atom is -0.458 e. The van der Waals surface area contributed by atoms with E-state index in [2.05, 4.69) is 13.5 Å². The summed E-state index contributed by atoms with van der Waals surface area (Å²) in [6.45, 7) is 12.1. The summed E-state index contributed by atoms with van der Waals surface area (Å²) in [5.74, 6) is -2.87. The zero-order valence-electron chi connectivity index (χ0n) is 31.2. The highest BCUT2D eigenvalue weighted by molar-refractivity contribution is 5.70. The van der Waals surface area contributed by atoms with Crippen LogP contribution in [0.1, 0.15) is 137 Å². The van der Waals surface area contributed by atoms with Crippen LogP contribution < -0.4 is 0 Å². The first-order valence-corrected chi connectivity index (χ1v) is 19.1. The number of carbonyl (C=O) groups excluding carboxylic acids is 3. The number of ether oxygens (including phenoxy) is 4. The second kappa shape index (κ2) is 19.9. The minimum absolute atomic E-state index is 0.156. The van der Waals surface area contributed by atoms with E-state index in [0.29, 0.717) is 24.0 Å². The van der Waals surface area contributed by atoms with Gasteiger partial charge in [0.25, 0.3) is 0 Å². The summed E-state index contributed by atoms with van der Waals surface area (Å²) in [6.07, 6.45) is 14.7. The molecule has 0 unspecified atom stereocenters. The molecule has 50 heavy (non-hydrogen) atoms. The van der Waals surface area contributed by atoms with E-state index in [4.69, 9.17) is 18.9 Å². The Morgan fingerprint density at radius 1 is 0.920 bits per heavy atom. The Balaban J connectivity index is 1.81. The van der Waals surface area contributed by atoms with Crippen LogP contribution in [0.3, 0.4) is 0 Å². The van der Waals surface area contributed by atoms with Crippen molar-refractivity contribution in [3.05, 3.63) is 36.0 Å². The molecule has 10 heteroatoms. The predicted octanol–water partition coefficient (Wildman–Crippen LogP) is 6.99. The molecular formula is C40H64O10. The Labute approximate surface area is 299 Å². The fourth-order valence-electron chi connectivity index (χ4n) is 8.57. The Hall–Kier alpha value is -2.53. The molecule has 3 rings (SSSR count). The normalized spacial score (nSPS) is 32.0. The van der Waals surface area contributed by atoms with Crippen LogP contribution in [0.5, 0.6) is 0 Å². The molecule has 9 atom stereocenters. The molecule has 1 spiro atoms. The van der Waals surface area contributed by atoms with Gasteiger partial charge in [-0.25, -0.2) is 0 Å². The molecule has 0 aromatic heterocycles. The van der Waals surface area contributed by atoms with Crippen molar-refractivity contribution >= 4 is 17.9 Å². The summed E-state index contributed by atoms with van der Waals surface area (Å²) < 4.78 is 23.7. The van der Waals surface area contributed by atoms with E-state index in [1.165, 1.54) is 77.7 Å². The summed E-state index contributed by atoms with van der Waals surface area (Å²) in [5, 5.41) is 33.1. The van der Waals surface area contributed by atoms with Crippen molar-refractivity contribution < 1.29 is 48.7 Å². The minimum atomic E-state index is -1.47. The monoisotopic (exact) mass is 704 g/mol. The third kappa shape index (κ3) is 10.1. The Bertz CT molecular complexity index is 1190. The van der Waals surface area contributed by atoms with E-state index in [1.54, 1.807) is 6.08 Å². The number of esters is 3. The predicted molar refractivity (Wildman–Crippen MR) is 190 cm³/mol. The van der Waals surface area contributed by atoms with Crippen LogP contribution >= 0.6 is 0 Å². The SMILES string of the molecule is C=C/C(=C\C[C@]1(C)[C@@H](C)[C@H](O)[C@@H](OC(=O)CCCCCCCCCCCCCCC)[C@]23C(=C[C@@H](O)C[C@@H]12)[C@H](OC(C)=O)O[C@@H]3OC(C)=O)CO. The summed E-state index contributed by atoms with van der Waals surface area (Å²) >= 11 is 0. The van der Waals surface area contributed by atoms with Gasteiger partial charge in [-0.05, 0) is 48.2 Å². The van der Waals surface area contributed by atoms with Crippen LogP contribution in [0, 0.1) is 22.7 Å². The van der Waals surface area contributed by atoms with E-state index in [1.807, 2.05) is 19.9 Å². The fourth-order valence-corrected chi connectivity index (χ4v) is 8.57. The first-order chi connectivity index (χ1) is 23.9. The molecule has 3 N–H and O–H groups in total. The maximum atomic E-state index is 13.5. The molecule has 1 saturated heterocycles. The van der Waals surface area contributed by atoms with Crippen molar-refractivity contribution in [2.75, 3.05) is 6.61 Å². The van der Waals surface area contributed by atoms with Gasteiger partial charge >= 0.3 is 17.9 Å². The van der Waals surface area contributed by atoms with E-state index in [9.17, 15) is 29.7 Å². The van der Waals surface area contributed by atoms with E-state index in [-0.39, 0.29) is 19.4 Å². The topological polar surface area (TPSA) is 149 Å². The van der Waals surface area contributed by atoms with Crippen molar-refractivity contribution in [2.45, 2.75) is 168 Å². The lowest BCUT2D eigenvalue weighted by molar-refractivity contribution is -0.276. The molecule has 0 amide bonds. The Kier molecular flexibility index (Phi) is 16.7. The maximum Gasteiger partial charge on any atom is 0.306 e. The molecule has 3 aliphatic rings. The van der Waals surface area contributed by atoms with Crippen LogP contribution in [0.2, 0.25) is 0 Å². The zero-order valence-corrected chi connectivity index (χ0v) is 31.2. The van der Waals surface area contributed by atoms with Crippen LogP contribution in [0.15, 0.2) is 36.0 Å². The van der Waals surface area contributed by atoms with Crippen molar-refractivity contribution in [1.82, 2.24) is 0 Å². The lowest BCUT2D eigenvalue weighted by atomic mass is 9.44. The van der Waals surface area contributed by atoms with Gasteiger partial charge in [0.15, 0.2) is 0 Å². The number of aliphatic hydroxyl groups excluding tert-OH is 3. The third-order valence-corrected chi connectivity index (χ3v) is 11.5. The zero-order chi connectivity index (χ0) is 36.9. The number of carbonyl (C=O) groups is 3. The quantitative estimate of drug-likeness (QED) is 0.0375. The van der Waals surface area contributed by atoms with Gasteiger partial charge in [0.2, 0.25) is 12.6 Å². The highest BCUT2D eigenvalue weighted by atomic mass is 16.8.